The lowest BCUT2D eigenvalue weighted by molar-refractivity contribution is 0.654. The van der Waals surface area contributed by atoms with E-state index >= 15 is 0 Å². The molecule has 0 radical (unpaired) electrons. The molecule has 3 nitrogen and oxygen atoms in total. The van der Waals surface area contributed by atoms with Crippen molar-refractivity contribution in [3.8, 4) is 0 Å². The van der Waals surface area contributed by atoms with Gasteiger partial charge in [-0.05, 0) is 12.8 Å². The minimum Gasteiger partial charge on any atom is -0.393 e. The third-order valence-corrected chi connectivity index (χ3v) is 1.90. The number of aromatic nitrogens is 1. The quantitative estimate of drug-likeness (QED) is 0.728. The van der Waals surface area contributed by atoms with Gasteiger partial charge in [-0.1, -0.05) is 12.2 Å². The second-order valence-electron chi connectivity index (χ2n) is 2.84. The molecule has 2 N–H and O–H groups in total. The Hall–Kier alpha value is -1.16. The van der Waals surface area contributed by atoms with Crippen LogP contribution in [0.25, 0.3) is 0 Å². The summed E-state index contributed by atoms with van der Waals surface area (Å²) in [6.45, 7) is 0.845. The average Bonchev–Trinajstić information content (AvgIpc) is 2.08. The number of pyridine rings is 1. The third-order valence-electron chi connectivity index (χ3n) is 1.70. The molecule has 1 aromatic heterocycles. The Bertz CT molecular complexity index is 325. The van der Waals surface area contributed by atoms with Crippen molar-refractivity contribution in [1.82, 2.24) is 4.57 Å². The summed E-state index contributed by atoms with van der Waals surface area (Å²) in [6, 6.07) is 3.08. The van der Waals surface area contributed by atoms with Gasteiger partial charge in [-0.3, -0.25) is 4.79 Å². The monoisotopic (exact) mass is 196 g/mol. The van der Waals surface area contributed by atoms with Gasteiger partial charge in [0.25, 0.3) is 0 Å². The van der Waals surface area contributed by atoms with Crippen molar-refractivity contribution in [1.29, 1.82) is 0 Å². The molecule has 13 heavy (non-hydrogen) atoms. The molecule has 4 heteroatoms. The van der Waals surface area contributed by atoms with E-state index in [1.807, 2.05) is 4.57 Å². The highest BCUT2D eigenvalue weighted by atomic mass is 32.1. The van der Waals surface area contributed by atoms with Crippen LogP contribution in [0.4, 0.5) is 0 Å². The molecule has 0 aliphatic carbocycles. The van der Waals surface area contributed by atoms with Gasteiger partial charge in [0, 0.05) is 31.1 Å². The van der Waals surface area contributed by atoms with E-state index in [0.29, 0.717) is 4.99 Å². The maximum atomic E-state index is 10.7. The third kappa shape index (κ3) is 3.85. The summed E-state index contributed by atoms with van der Waals surface area (Å²) in [5, 5.41) is 0. The van der Waals surface area contributed by atoms with Crippen LogP contribution in [0.1, 0.15) is 12.8 Å². The zero-order chi connectivity index (χ0) is 9.68. The predicted octanol–water partition coefficient (Wildman–Crippen LogP) is 0.915. The summed E-state index contributed by atoms with van der Waals surface area (Å²) in [5.74, 6) is 0. The Kier molecular flexibility index (Phi) is 3.64. The SMILES string of the molecule is NC(=S)CCCn1ccc(=O)cc1. The first-order valence-electron chi connectivity index (χ1n) is 4.13. The summed E-state index contributed by atoms with van der Waals surface area (Å²) in [5.41, 5.74) is 5.39. The number of nitrogens with two attached hydrogens (primary N) is 1. The average molecular weight is 196 g/mol. The van der Waals surface area contributed by atoms with Gasteiger partial charge < -0.3 is 10.3 Å². The number of aryl methyl sites for hydroxylation is 1. The van der Waals surface area contributed by atoms with E-state index in [4.69, 9.17) is 18.0 Å². The topological polar surface area (TPSA) is 48.0 Å². The second-order valence-corrected chi connectivity index (χ2v) is 3.37. The molecule has 0 saturated heterocycles. The standard InChI is InChI=1S/C9H12N2OS/c10-9(13)2-1-5-11-6-3-8(12)4-7-11/h3-4,6-7H,1-2,5H2,(H2,10,13). The highest BCUT2D eigenvalue weighted by molar-refractivity contribution is 7.80. The van der Waals surface area contributed by atoms with Crippen LogP contribution in [-0.2, 0) is 6.54 Å². The summed E-state index contributed by atoms with van der Waals surface area (Å²) in [4.78, 5) is 11.3. The van der Waals surface area contributed by atoms with E-state index < -0.39 is 0 Å². The molecule has 0 fully saturated rings. The molecule has 1 heterocycles. The van der Waals surface area contributed by atoms with Crippen molar-refractivity contribution in [2.24, 2.45) is 5.73 Å². The molecule has 70 valence electrons. The molecule has 0 aliphatic rings. The molecular weight excluding hydrogens is 184 g/mol. The Labute approximate surface area is 82.2 Å². The Balaban J connectivity index is 2.41. The predicted molar refractivity (Wildman–Crippen MR) is 56.7 cm³/mol. The van der Waals surface area contributed by atoms with Gasteiger partial charge in [-0.2, -0.15) is 0 Å². The molecule has 0 saturated carbocycles. The van der Waals surface area contributed by atoms with Crippen LogP contribution in [-0.4, -0.2) is 9.56 Å². The molecule has 0 amide bonds. The van der Waals surface area contributed by atoms with Crippen molar-refractivity contribution >= 4 is 17.2 Å². The summed E-state index contributed by atoms with van der Waals surface area (Å²) in [7, 11) is 0. The zero-order valence-corrected chi connectivity index (χ0v) is 8.09. The van der Waals surface area contributed by atoms with Crippen molar-refractivity contribution < 1.29 is 0 Å². The second kappa shape index (κ2) is 4.77. The van der Waals surface area contributed by atoms with E-state index in [1.54, 1.807) is 24.5 Å². The van der Waals surface area contributed by atoms with E-state index in [1.165, 1.54) is 0 Å². The molecule has 0 aliphatic heterocycles. The molecule has 1 aromatic rings. The smallest absolute Gasteiger partial charge is 0.181 e. The van der Waals surface area contributed by atoms with Crippen molar-refractivity contribution in [3.05, 3.63) is 34.7 Å². The Morgan fingerprint density at radius 3 is 2.62 bits per heavy atom. The Morgan fingerprint density at radius 1 is 1.46 bits per heavy atom. The normalized spacial score (nSPS) is 9.85. The lowest BCUT2D eigenvalue weighted by Crippen LogP contribution is -2.10. The van der Waals surface area contributed by atoms with Gasteiger partial charge >= 0.3 is 0 Å². The lowest BCUT2D eigenvalue weighted by atomic mass is 10.3. The first-order chi connectivity index (χ1) is 6.18. The van der Waals surface area contributed by atoms with Crippen LogP contribution in [0, 0.1) is 0 Å². The lowest BCUT2D eigenvalue weighted by Gasteiger charge is -2.03. The van der Waals surface area contributed by atoms with Gasteiger partial charge in [-0.25, -0.2) is 0 Å². The van der Waals surface area contributed by atoms with Gasteiger partial charge in [0.15, 0.2) is 5.43 Å². The van der Waals surface area contributed by atoms with Gasteiger partial charge in [-0.15, -0.1) is 0 Å². The highest BCUT2D eigenvalue weighted by Gasteiger charge is 1.91. The van der Waals surface area contributed by atoms with Gasteiger partial charge in [0.2, 0.25) is 0 Å². The summed E-state index contributed by atoms with van der Waals surface area (Å²) < 4.78 is 1.94. The first kappa shape index (κ1) is 9.92. The maximum absolute atomic E-state index is 10.7. The molecule has 0 bridgehead atoms. The summed E-state index contributed by atoms with van der Waals surface area (Å²) >= 11 is 4.75. The first-order valence-corrected chi connectivity index (χ1v) is 4.54. The molecule has 0 unspecified atom stereocenters. The van der Waals surface area contributed by atoms with Crippen molar-refractivity contribution in [2.45, 2.75) is 19.4 Å². The van der Waals surface area contributed by atoms with Crippen LogP contribution in [0.5, 0.6) is 0 Å². The van der Waals surface area contributed by atoms with Crippen LogP contribution in [0.15, 0.2) is 29.3 Å². The van der Waals surface area contributed by atoms with Crippen LogP contribution >= 0.6 is 12.2 Å². The minimum absolute atomic E-state index is 0.0330. The number of rotatable bonds is 4. The fourth-order valence-corrected chi connectivity index (χ4v) is 1.17. The van der Waals surface area contributed by atoms with E-state index in [-0.39, 0.29) is 5.43 Å². The molecule has 0 aromatic carbocycles. The van der Waals surface area contributed by atoms with E-state index in [9.17, 15) is 4.79 Å². The molecule has 0 atom stereocenters. The zero-order valence-electron chi connectivity index (χ0n) is 7.27. The van der Waals surface area contributed by atoms with Crippen LogP contribution < -0.4 is 11.2 Å². The van der Waals surface area contributed by atoms with Crippen molar-refractivity contribution in [3.63, 3.8) is 0 Å². The largest absolute Gasteiger partial charge is 0.393 e. The van der Waals surface area contributed by atoms with Gasteiger partial charge in [0.1, 0.15) is 0 Å². The number of hydrogen-bond acceptors (Lipinski definition) is 2. The number of nitrogens with zero attached hydrogens (tertiary/aromatic N) is 1. The maximum Gasteiger partial charge on any atom is 0.181 e. The Morgan fingerprint density at radius 2 is 2.08 bits per heavy atom. The number of thiocarbonyl (C=S) groups is 1. The van der Waals surface area contributed by atoms with E-state index in [0.717, 1.165) is 19.4 Å². The van der Waals surface area contributed by atoms with E-state index in [2.05, 4.69) is 0 Å². The summed E-state index contributed by atoms with van der Waals surface area (Å²) in [6.07, 6.45) is 5.20. The molecule has 1 rings (SSSR count). The number of hydrogen-bond donors (Lipinski definition) is 1. The highest BCUT2D eigenvalue weighted by Crippen LogP contribution is 1.94. The van der Waals surface area contributed by atoms with Gasteiger partial charge in [0.05, 0.1) is 4.99 Å². The van der Waals surface area contributed by atoms with Crippen LogP contribution in [0.2, 0.25) is 0 Å². The van der Waals surface area contributed by atoms with Crippen LogP contribution in [0.3, 0.4) is 0 Å². The molecule has 0 spiro atoms. The minimum atomic E-state index is 0.0330. The molecular formula is C9H12N2OS. The fourth-order valence-electron chi connectivity index (χ4n) is 1.03. The fraction of sp³-hybridized carbons (Fsp3) is 0.333. The van der Waals surface area contributed by atoms with Crippen molar-refractivity contribution in [2.75, 3.05) is 0 Å².